The van der Waals surface area contributed by atoms with E-state index in [1.807, 2.05) is 0 Å². The first-order valence-corrected chi connectivity index (χ1v) is 6.84. The second-order valence-corrected chi connectivity index (χ2v) is 5.08. The van der Waals surface area contributed by atoms with E-state index in [2.05, 4.69) is 24.2 Å². The minimum Gasteiger partial charge on any atom is -0.379 e. The minimum absolute atomic E-state index is 0.331. The molecule has 17 heavy (non-hydrogen) atoms. The van der Waals surface area contributed by atoms with Crippen molar-refractivity contribution in [3.63, 3.8) is 0 Å². The molecule has 1 aliphatic carbocycles. The highest BCUT2D eigenvalue weighted by atomic mass is 16.5. The molecule has 0 aromatic heterocycles. The lowest BCUT2D eigenvalue weighted by Crippen LogP contribution is -2.33. The van der Waals surface area contributed by atoms with Crippen LogP contribution in [0, 0.1) is 5.92 Å². The van der Waals surface area contributed by atoms with Crippen molar-refractivity contribution >= 4 is 5.96 Å². The molecule has 0 amide bonds. The maximum atomic E-state index is 5.77. The fraction of sp³-hybridized carbons (Fsp3) is 0.923. The molecule has 0 aliphatic heterocycles. The fourth-order valence-electron chi connectivity index (χ4n) is 1.72. The van der Waals surface area contributed by atoms with E-state index in [0.717, 1.165) is 38.5 Å². The molecule has 0 aromatic rings. The van der Waals surface area contributed by atoms with Gasteiger partial charge in [-0.1, -0.05) is 6.42 Å². The largest absolute Gasteiger partial charge is 0.379 e. The normalized spacial score (nSPS) is 17.2. The topological polar surface area (TPSA) is 59.6 Å². The van der Waals surface area contributed by atoms with Gasteiger partial charge in [0.1, 0.15) is 0 Å². The smallest absolute Gasteiger partial charge is 0.188 e. The SMILES string of the molecule is CC(C)OCCCCNC(N)=NCC1CCC1. The number of guanidine groups is 1. The number of hydrogen-bond donors (Lipinski definition) is 2. The van der Waals surface area contributed by atoms with Crippen molar-refractivity contribution in [2.75, 3.05) is 19.7 Å². The fourth-order valence-corrected chi connectivity index (χ4v) is 1.72. The van der Waals surface area contributed by atoms with Crippen LogP contribution in [0.3, 0.4) is 0 Å². The zero-order chi connectivity index (χ0) is 12.5. The van der Waals surface area contributed by atoms with Gasteiger partial charge < -0.3 is 15.8 Å². The molecule has 4 nitrogen and oxygen atoms in total. The Morgan fingerprint density at radius 2 is 2.18 bits per heavy atom. The van der Waals surface area contributed by atoms with Crippen molar-refractivity contribution in [3.8, 4) is 0 Å². The summed E-state index contributed by atoms with van der Waals surface area (Å²) in [6.45, 7) is 6.74. The van der Waals surface area contributed by atoms with Crippen LogP contribution >= 0.6 is 0 Å². The monoisotopic (exact) mass is 241 g/mol. The van der Waals surface area contributed by atoms with Crippen LogP contribution in [0.4, 0.5) is 0 Å². The summed E-state index contributed by atoms with van der Waals surface area (Å²) in [5, 5.41) is 3.15. The van der Waals surface area contributed by atoms with Crippen LogP contribution < -0.4 is 11.1 Å². The predicted octanol–water partition coefficient (Wildman–Crippen LogP) is 1.90. The lowest BCUT2D eigenvalue weighted by atomic mass is 9.86. The average Bonchev–Trinajstić information content (AvgIpc) is 2.20. The van der Waals surface area contributed by atoms with Crippen LogP contribution in [0.2, 0.25) is 0 Å². The molecule has 100 valence electrons. The zero-order valence-corrected chi connectivity index (χ0v) is 11.2. The van der Waals surface area contributed by atoms with E-state index in [4.69, 9.17) is 10.5 Å². The van der Waals surface area contributed by atoms with Crippen molar-refractivity contribution in [2.45, 2.75) is 52.1 Å². The number of nitrogens with zero attached hydrogens (tertiary/aromatic N) is 1. The molecule has 3 N–H and O–H groups in total. The summed E-state index contributed by atoms with van der Waals surface area (Å²) in [7, 11) is 0. The Balaban J connectivity index is 1.90. The van der Waals surface area contributed by atoms with E-state index in [1.54, 1.807) is 0 Å². The molecule has 0 bridgehead atoms. The number of nitrogens with two attached hydrogens (primary N) is 1. The third kappa shape index (κ3) is 7.21. The number of ether oxygens (including phenoxy) is 1. The Labute approximate surface area is 105 Å². The lowest BCUT2D eigenvalue weighted by Gasteiger charge is -2.23. The molecule has 0 unspecified atom stereocenters. The van der Waals surface area contributed by atoms with Gasteiger partial charge in [0.25, 0.3) is 0 Å². The van der Waals surface area contributed by atoms with Gasteiger partial charge in [-0.25, -0.2) is 0 Å². The van der Waals surface area contributed by atoms with Crippen LogP contribution in [0.15, 0.2) is 4.99 Å². The highest BCUT2D eigenvalue weighted by molar-refractivity contribution is 5.77. The Bertz CT molecular complexity index is 225. The molecule has 0 heterocycles. The summed E-state index contributed by atoms with van der Waals surface area (Å²) in [5.74, 6) is 1.39. The first kappa shape index (κ1) is 14.3. The molecule has 0 radical (unpaired) electrons. The summed E-state index contributed by atoms with van der Waals surface area (Å²) in [4.78, 5) is 4.34. The van der Waals surface area contributed by atoms with Crippen LogP contribution in [-0.4, -0.2) is 31.8 Å². The van der Waals surface area contributed by atoms with Crippen molar-refractivity contribution in [3.05, 3.63) is 0 Å². The van der Waals surface area contributed by atoms with Crippen LogP contribution in [0.1, 0.15) is 46.0 Å². The predicted molar refractivity (Wildman–Crippen MR) is 72.2 cm³/mol. The second kappa shape index (κ2) is 8.34. The molecule has 1 rings (SSSR count). The van der Waals surface area contributed by atoms with Gasteiger partial charge in [0.15, 0.2) is 5.96 Å². The van der Waals surface area contributed by atoms with Gasteiger partial charge >= 0.3 is 0 Å². The Kier molecular flexibility index (Phi) is 7.01. The Morgan fingerprint density at radius 3 is 2.76 bits per heavy atom. The Hall–Kier alpha value is -0.770. The number of nitrogens with one attached hydrogen (secondary N) is 1. The zero-order valence-electron chi connectivity index (χ0n) is 11.2. The third-order valence-corrected chi connectivity index (χ3v) is 3.07. The van der Waals surface area contributed by atoms with Crippen LogP contribution in [0.25, 0.3) is 0 Å². The number of hydrogen-bond acceptors (Lipinski definition) is 2. The lowest BCUT2D eigenvalue weighted by molar-refractivity contribution is 0.0762. The maximum absolute atomic E-state index is 5.77. The molecular weight excluding hydrogens is 214 g/mol. The van der Waals surface area contributed by atoms with Gasteiger partial charge in [0.05, 0.1) is 6.10 Å². The molecule has 0 spiro atoms. The van der Waals surface area contributed by atoms with Gasteiger partial charge in [-0.2, -0.15) is 0 Å². The van der Waals surface area contributed by atoms with E-state index in [0.29, 0.717) is 12.1 Å². The highest BCUT2D eigenvalue weighted by Gasteiger charge is 2.16. The first-order valence-electron chi connectivity index (χ1n) is 6.84. The van der Waals surface area contributed by atoms with Gasteiger partial charge in [-0.05, 0) is 45.4 Å². The van der Waals surface area contributed by atoms with Crippen LogP contribution in [0.5, 0.6) is 0 Å². The van der Waals surface area contributed by atoms with Gasteiger partial charge in [-0.15, -0.1) is 0 Å². The summed E-state index contributed by atoms with van der Waals surface area (Å²) >= 11 is 0. The molecule has 1 fully saturated rings. The first-order chi connectivity index (χ1) is 8.18. The van der Waals surface area contributed by atoms with Gasteiger partial charge in [-0.3, -0.25) is 4.99 Å². The van der Waals surface area contributed by atoms with E-state index in [1.165, 1.54) is 19.3 Å². The highest BCUT2D eigenvalue weighted by Crippen LogP contribution is 2.26. The summed E-state index contributed by atoms with van der Waals surface area (Å²) in [5.41, 5.74) is 5.77. The number of aliphatic imine (C=N–C) groups is 1. The summed E-state index contributed by atoms with van der Waals surface area (Å²) in [6.07, 6.45) is 6.49. The second-order valence-electron chi connectivity index (χ2n) is 5.08. The molecule has 0 saturated heterocycles. The van der Waals surface area contributed by atoms with Crippen LogP contribution in [-0.2, 0) is 4.74 Å². The minimum atomic E-state index is 0.331. The van der Waals surface area contributed by atoms with E-state index in [9.17, 15) is 0 Å². The molecule has 4 heteroatoms. The van der Waals surface area contributed by atoms with Crippen molar-refractivity contribution in [1.82, 2.24) is 5.32 Å². The quantitative estimate of drug-likeness (QED) is 0.387. The van der Waals surface area contributed by atoms with E-state index in [-0.39, 0.29) is 0 Å². The van der Waals surface area contributed by atoms with Gasteiger partial charge in [0, 0.05) is 19.7 Å². The Morgan fingerprint density at radius 1 is 1.41 bits per heavy atom. The van der Waals surface area contributed by atoms with Gasteiger partial charge in [0.2, 0.25) is 0 Å². The molecular formula is C13H27N3O. The summed E-state index contributed by atoms with van der Waals surface area (Å²) in [6, 6.07) is 0. The average molecular weight is 241 g/mol. The van der Waals surface area contributed by atoms with Crippen molar-refractivity contribution in [1.29, 1.82) is 0 Å². The molecule has 1 saturated carbocycles. The standard InChI is InChI=1S/C13H27N3O/c1-11(2)17-9-4-3-8-15-13(14)16-10-12-6-5-7-12/h11-12H,3-10H2,1-2H3,(H3,14,15,16). The van der Waals surface area contributed by atoms with Crippen molar-refractivity contribution < 1.29 is 4.74 Å². The van der Waals surface area contributed by atoms with Crippen molar-refractivity contribution in [2.24, 2.45) is 16.6 Å². The maximum Gasteiger partial charge on any atom is 0.188 e. The van der Waals surface area contributed by atoms with E-state index >= 15 is 0 Å². The third-order valence-electron chi connectivity index (χ3n) is 3.07. The molecule has 0 atom stereocenters. The molecule has 0 aromatic carbocycles. The van der Waals surface area contributed by atoms with E-state index < -0.39 is 0 Å². The summed E-state index contributed by atoms with van der Waals surface area (Å²) < 4.78 is 5.46. The number of unbranched alkanes of at least 4 members (excludes halogenated alkanes) is 1. The number of rotatable bonds is 8. The molecule has 1 aliphatic rings.